The van der Waals surface area contributed by atoms with Crippen molar-refractivity contribution in [3.63, 3.8) is 0 Å². The highest BCUT2D eigenvalue weighted by molar-refractivity contribution is 6.07. The molecule has 0 bridgehead atoms. The van der Waals surface area contributed by atoms with E-state index in [2.05, 4.69) is 15.0 Å². The number of ether oxygens (including phenoxy) is 1. The molecule has 0 unspecified atom stereocenters. The summed E-state index contributed by atoms with van der Waals surface area (Å²) in [5.41, 5.74) is 1.12. The van der Waals surface area contributed by atoms with Gasteiger partial charge in [0, 0.05) is 18.0 Å². The van der Waals surface area contributed by atoms with Crippen LogP contribution in [-0.4, -0.2) is 30.0 Å². The Morgan fingerprint density at radius 2 is 2.14 bits per heavy atom. The fourth-order valence-corrected chi connectivity index (χ4v) is 2.13. The Kier molecular flexibility index (Phi) is 5.04. The van der Waals surface area contributed by atoms with Gasteiger partial charge in [-0.25, -0.2) is 4.79 Å². The summed E-state index contributed by atoms with van der Waals surface area (Å²) < 4.78 is 4.66. The molecular formula is C16H15N3O3. The number of nitrogens with one attached hydrogen (secondary N) is 1. The van der Waals surface area contributed by atoms with Crippen molar-refractivity contribution in [1.82, 2.24) is 10.3 Å². The minimum absolute atomic E-state index is 0.150. The van der Waals surface area contributed by atoms with Gasteiger partial charge >= 0.3 is 5.97 Å². The third-order valence-electron chi connectivity index (χ3n) is 3.23. The summed E-state index contributed by atoms with van der Waals surface area (Å²) in [6.45, 7) is 0. The standard InChI is InChI=1S/C16H15N3O3/c1-22-16(21)14(7-4-9-17)19-15(20)12-8-10-18-13-6-3-2-5-11(12)13/h2-3,5-6,8,10,14H,4,7H2,1H3,(H,19,20)/t14-/m1/s1. The largest absolute Gasteiger partial charge is 0.467 e. The molecule has 0 aliphatic rings. The molecule has 0 saturated carbocycles. The van der Waals surface area contributed by atoms with Crippen molar-refractivity contribution in [1.29, 1.82) is 5.26 Å². The van der Waals surface area contributed by atoms with Crippen LogP contribution >= 0.6 is 0 Å². The minimum Gasteiger partial charge on any atom is -0.467 e. The zero-order chi connectivity index (χ0) is 15.9. The zero-order valence-electron chi connectivity index (χ0n) is 12.1. The van der Waals surface area contributed by atoms with Crippen molar-refractivity contribution < 1.29 is 14.3 Å². The van der Waals surface area contributed by atoms with Crippen molar-refractivity contribution in [2.24, 2.45) is 0 Å². The average molecular weight is 297 g/mol. The van der Waals surface area contributed by atoms with E-state index in [0.717, 1.165) is 0 Å². The van der Waals surface area contributed by atoms with Crippen LogP contribution in [0.4, 0.5) is 0 Å². The number of esters is 1. The Morgan fingerprint density at radius 1 is 1.36 bits per heavy atom. The minimum atomic E-state index is -0.843. The third kappa shape index (κ3) is 3.38. The lowest BCUT2D eigenvalue weighted by atomic mass is 10.1. The monoisotopic (exact) mass is 297 g/mol. The molecule has 0 spiro atoms. The molecule has 2 rings (SSSR count). The number of aromatic nitrogens is 1. The van der Waals surface area contributed by atoms with Crippen molar-refractivity contribution in [2.75, 3.05) is 7.11 Å². The van der Waals surface area contributed by atoms with Crippen molar-refractivity contribution >= 4 is 22.8 Å². The Balaban J connectivity index is 2.25. The Morgan fingerprint density at radius 3 is 2.86 bits per heavy atom. The van der Waals surface area contributed by atoms with E-state index in [1.807, 2.05) is 18.2 Å². The van der Waals surface area contributed by atoms with Crippen molar-refractivity contribution in [3.05, 3.63) is 42.1 Å². The van der Waals surface area contributed by atoms with Crippen LogP contribution in [-0.2, 0) is 9.53 Å². The van der Waals surface area contributed by atoms with Crippen molar-refractivity contribution in [2.45, 2.75) is 18.9 Å². The molecule has 0 aliphatic carbocycles. The van der Waals surface area contributed by atoms with Crippen LogP contribution in [0.5, 0.6) is 0 Å². The molecule has 0 saturated heterocycles. The second-order valence-corrected chi connectivity index (χ2v) is 4.62. The lowest BCUT2D eigenvalue weighted by Crippen LogP contribution is -2.41. The quantitative estimate of drug-likeness (QED) is 0.850. The van der Waals surface area contributed by atoms with Gasteiger partial charge in [-0.3, -0.25) is 9.78 Å². The maximum Gasteiger partial charge on any atom is 0.328 e. The summed E-state index contributed by atoms with van der Waals surface area (Å²) in [6, 6.07) is 9.95. The molecule has 112 valence electrons. The topological polar surface area (TPSA) is 92.1 Å². The van der Waals surface area contributed by atoms with E-state index in [4.69, 9.17) is 5.26 Å². The predicted molar refractivity (Wildman–Crippen MR) is 79.9 cm³/mol. The number of nitrogens with zero attached hydrogens (tertiary/aromatic N) is 2. The highest BCUT2D eigenvalue weighted by Crippen LogP contribution is 2.16. The first-order valence-corrected chi connectivity index (χ1v) is 6.76. The van der Waals surface area contributed by atoms with Crippen LogP contribution in [0.25, 0.3) is 10.9 Å². The fraction of sp³-hybridized carbons (Fsp3) is 0.250. The summed E-state index contributed by atoms with van der Waals surface area (Å²) in [5.74, 6) is -0.964. The van der Waals surface area contributed by atoms with E-state index in [1.165, 1.54) is 7.11 Å². The lowest BCUT2D eigenvalue weighted by Gasteiger charge is -2.15. The van der Waals surface area contributed by atoms with Gasteiger partial charge in [-0.1, -0.05) is 18.2 Å². The number of nitriles is 1. The number of carbonyl (C=O) groups excluding carboxylic acids is 2. The number of hydrogen-bond donors (Lipinski definition) is 1. The fourth-order valence-electron chi connectivity index (χ4n) is 2.13. The van der Waals surface area contributed by atoms with Crippen LogP contribution in [0.3, 0.4) is 0 Å². The van der Waals surface area contributed by atoms with Gasteiger partial charge in [0.1, 0.15) is 6.04 Å². The molecule has 0 fully saturated rings. The SMILES string of the molecule is COC(=O)[C@@H](CCC#N)NC(=O)c1ccnc2ccccc12. The molecule has 0 radical (unpaired) electrons. The highest BCUT2D eigenvalue weighted by Gasteiger charge is 2.22. The molecule has 22 heavy (non-hydrogen) atoms. The molecule has 1 N–H and O–H groups in total. The summed E-state index contributed by atoms with van der Waals surface area (Å²) >= 11 is 0. The highest BCUT2D eigenvalue weighted by atomic mass is 16.5. The maximum absolute atomic E-state index is 12.4. The van der Waals surface area contributed by atoms with Crippen LogP contribution in [0.2, 0.25) is 0 Å². The van der Waals surface area contributed by atoms with Gasteiger partial charge in [0.2, 0.25) is 0 Å². The number of para-hydroxylation sites is 1. The van der Waals surface area contributed by atoms with E-state index in [-0.39, 0.29) is 12.8 Å². The molecule has 1 atom stereocenters. The van der Waals surface area contributed by atoms with Gasteiger partial charge in [0.25, 0.3) is 5.91 Å². The van der Waals surface area contributed by atoms with E-state index >= 15 is 0 Å². The van der Waals surface area contributed by atoms with Gasteiger partial charge in [-0.15, -0.1) is 0 Å². The van der Waals surface area contributed by atoms with Gasteiger partial charge in [-0.2, -0.15) is 5.26 Å². The number of fused-ring (bicyclic) bond motifs is 1. The lowest BCUT2D eigenvalue weighted by molar-refractivity contribution is -0.143. The van der Waals surface area contributed by atoms with Gasteiger partial charge in [-0.05, 0) is 18.6 Å². The molecule has 0 aliphatic heterocycles. The van der Waals surface area contributed by atoms with Crippen LogP contribution in [0.15, 0.2) is 36.5 Å². The van der Waals surface area contributed by atoms with E-state index in [1.54, 1.807) is 24.4 Å². The van der Waals surface area contributed by atoms with E-state index < -0.39 is 17.9 Å². The van der Waals surface area contributed by atoms with E-state index in [9.17, 15) is 9.59 Å². The van der Waals surface area contributed by atoms with Crippen LogP contribution < -0.4 is 5.32 Å². The first-order valence-electron chi connectivity index (χ1n) is 6.76. The number of amides is 1. The maximum atomic E-state index is 12.4. The number of hydrogen-bond acceptors (Lipinski definition) is 5. The molecule has 6 nitrogen and oxygen atoms in total. The van der Waals surface area contributed by atoms with Crippen molar-refractivity contribution in [3.8, 4) is 6.07 Å². The van der Waals surface area contributed by atoms with Gasteiger partial charge in [0.15, 0.2) is 0 Å². The summed E-state index contributed by atoms with van der Waals surface area (Å²) in [5, 5.41) is 12.0. The average Bonchev–Trinajstić information content (AvgIpc) is 2.57. The molecule has 1 heterocycles. The van der Waals surface area contributed by atoms with Gasteiger partial charge in [0.05, 0.1) is 24.3 Å². The Hall–Kier alpha value is -2.94. The second kappa shape index (κ2) is 7.18. The summed E-state index contributed by atoms with van der Waals surface area (Å²) in [4.78, 5) is 28.3. The normalized spacial score (nSPS) is 11.5. The van der Waals surface area contributed by atoms with E-state index in [0.29, 0.717) is 16.5 Å². The molecular weight excluding hydrogens is 282 g/mol. The number of methoxy groups -OCH3 is 1. The number of rotatable bonds is 5. The molecule has 1 aromatic heterocycles. The van der Waals surface area contributed by atoms with Crippen LogP contribution in [0, 0.1) is 11.3 Å². The first-order chi connectivity index (χ1) is 10.7. The third-order valence-corrected chi connectivity index (χ3v) is 3.23. The zero-order valence-corrected chi connectivity index (χ0v) is 12.1. The predicted octanol–water partition coefficient (Wildman–Crippen LogP) is 1.81. The smallest absolute Gasteiger partial charge is 0.328 e. The second-order valence-electron chi connectivity index (χ2n) is 4.62. The van der Waals surface area contributed by atoms with Crippen LogP contribution in [0.1, 0.15) is 23.2 Å². The number of benzene rings is 1. The number of pyridine rings is 1. The molecule has 6 heteroatoms. The Labute approximate surface area is 127 Å². The first kappa shape index (κ1) is 15.4. The molecule has 1 aromatic carbocycles. The summed E-state index contributed by atoms with van der Waals surface area (Å²) in [6.07, 6.45) is 1.90. The number of carbonyl (C=O) groups is 2. The Bertz CT molecular complexity index is 731. The molecule has 1 amide bonds. The summed E-state index contributed by atoms with van der Waals surface area (Å²) in [7, 11) is 1.25. The van der Waals surface area contributed by atoms with Gasteiger partial charge < -0.3 is 10.1 Å². The molecule has 2 aromatic rings.